The minimum Gasteiger partial charge on any atom is -0.333 e. The summed E-state index contributed by atoms with van der Waals surface area (Å²) in [5, 5.41) is 11.0. The van der Waals surface area contributed by atoms with Crippen LogP contribution in [0.3, 0.4) is 0 Å². The molecule has 0 saturated carbocycles. The average Bonchev–Trinajstić information content (AvgIpc) is 2.67. The Bertz CT molecular complexity index is 1090. The Morgan fingerprint density at radius 2 is 1.96 bits per heavy atom. The number of hydrogen-bond donors (Lipinski definition) is 0. The molecule has 0 radical (unpaired) electrons. The number of halogens is 1. The van der Waals surface area contributed by atoms with Crippen molar-refractivity contribution in [1.29, 1.82) is 0 Å². The molecule has 1 fully saturated rings. The first-order chi connectivity index (χ1) is 13.3. The highest BCUT2D eigenvalue weighted by Gasteiger charge is 2.41. The van der Waals surface area contributed by atoms with Gasteiger partial charge in [0.2, 0.25) is 15.9 Å². The number of hydrogen-bond acceptors (Lipinski definition) is 5. The van der Waals surface area contributed by atoms with Crippen molar-refractivity contribution in [2.24, 2.45) is 0 Å². The molecule has 0 unspecified atom stereocenters. The summed E-state index contributed by atoms with van der Waals surface area (Å²) in [4.78, 5) is 24.3. The summed E-state index contributed by atoms with van der Waals surface area (Å²) in [6.45, 7) is 0.0676. The molecule has 2 aromatic rings. The smallest absolute Gasteiger partial charge is 0.270 e. The van der Waals surface area contributed by atoms with Crippen molar-refractivity contribution in [1.82, 2.24) is 9.21 Å². The van der Waals surface area contributed by atoms with E-state index in [9.17, 15) is 27.7 Å². The Morgan fingerprint density at radius 3 is 2.71 bits per heavy atom. The number of carbonyl (C=O) groups excluding carboxylic acids is 1. The van der Waals surface area contributed by atoms with Crippen LogP contribution in [0.2, 0.25) is 0 Å². The molecule has 146 valence electrons. The van der Waals surface area contributed by atoms with Crippen molar-refractivity contribution in [2.75, 3.05) is 19.6 Å². The van der Waals surface area contributed by atoms with Crippen molar-refractivity contribution >= 4 is 21.6 Å². The first-order valence-corrected chi connectivity index (χ1v) is 10.0. The quantitative estimate of drug-likeness (QED) is 0.573. The largest absolute Gasteiger partial charge is 0.333 e. The number of piperazine rings is 1. The summed E-state index contributed by atoms with van der Waals surface area (Å²) >= 11 is 0. The van der Waals surface area contributed by atoms with E-state index in [2.05, 4.69) is 0 Å². The number of fused-ring (bicyclic) bond motifs is 3. The Labute approximate surface area is 160 Å². The molecule has 2 heterocycles. The van der Waals surface area contributed by atoms with Gasteiger partial charge in [0.25, 0.3) is 5.69 Å². The zero-order valence-electron chi connectivity index (χ0n) is 14.6. The van der Waals surface area contributed by atoms with E-state index in [0.29, 0.717) is 13.0 Å². The van der Waals surface area contributed by atoms with Gasteiger partial charge >= 0.3 is 0 Å². The number of rotatable bonds is 3. The molecule has 10 heteroatoms. The van der Waals surface area contributed by atoms with Crippen molar-refractivity contribution < 1.29 is 22.5 Å². The molecule has 0 aromatic heterocycles. The van der Waals surface area contributed by atoms with E-state index in [1.54, 1.807) is 11.0 Å². The van der Waals surface area contributed by atoms with Crippen LogP contribution in [0.1, 0.15) is 17.2 Å². The van der Waals surface area contributed by atoms with E-state index in [4.69, 9.17) is 0 Å². The Hall–Kier alpha value is -2.85. The number of nitro benzene ring substituents is 1. The number of nitrogens with zero attached hydrogens (tertiary/aromatic N) is 3. The van der Waals surface area contributed by atoms with Gasteiger partial charge in [-0.05, 0) is 35.7 Å². The molecule has 0 spiro atoms. The SMILES string of the molecule is O=C1CN(S(=O)(=O)c2cccc([N+](=O)[O-])c2)C[C@H]2c3ccc(F)cc3CCN12. The Morgan fingerprint density at radius 1 is 1.18 bits per heavy atom. The molecule has 1 amide bonds. The average molecular weight is 405 g/mol. The zero-order valence-corrected chi connectivity index (χ0v) is 15.4. The lowest BCUT2D eigenvalue weighted by Crippen LogP contribution is -2.55. The molecule has 2 aromatic carbocycles. The van der Waals surface area contributed by atoms with Crippen molar-refractivity contribution in [3.05, 3.63) is 69.5 Å². The molecule has 1 atom stereocenters. The van der Waals surface area contributed by atoms with Gasteiger partial charge in [0, 0.05) is 25.2 Å². The summed E-state index contributed by atoms with van der Waals surface area (Å²) < 4.78 is 40.6. The number of nitro groups is 1. The van der Waals surface area contributed by atoms with Crippen LogP contribution < -0.4 is 0 Å². The highest BCUT2D eigenvalue weighted by Crippen LogP contribution is 2.35. The second-order valence-corrected chi connectivity index (χ2v) is 8.69. The fourth-order valence-corrected chi connectivity index (χ4v) is 5.20. The lowest BCUT2D eigenvalue weighted by atomic mass is 9.91. The summed E-state index contributed by atoms with van der Waals surface area (Å²) in [5.74, 6) is -0.726. The van der Waals surface area contributed by atoms with E-state index in [1.165, 1.54) is 30.3 Å². The molecule has 28 heavy (non-hydrogen) atoms. The van der Waals surface area contributed by atoms with Crippen LogP contribution >= 0.6 is 0 Å². The first-order valence-electron chi connectivity index (χ1n) is 8.60. The fraction of sp³-hybridized carbons (Fsp3) is 0.278. The van der Waals surface area contributed by atoms with Crippen LogP contribution in [-0.4, -0.2) is 48.1 Å². The van der Waals surface area contributed by atoms with Crippen molar-refractivity contribution in [3.8, 4) is 0 Å². The number of benzene rings is 2. The number of sulfonamides is 1. The third kappa shape index (κ3) is 3.04. The van der Waals surface area contributed by atoms with Crippen LogP contribution in [0.4, 0.5) is 10.1 Å². The van der Waals surface area contributed by atoms with Crippen LogP contribution in [0.25, 0.3) is 0 Å². The minimum atomic E-state index is -4.10. The highest BCUT2D eigenvalue weighted by atomic mass is 32.2. The molecule has 0 aliphatic carbocycles. The van der Waals surface area contributed by atoms with E-state index in [1.807, 2.05) is 0 Å². The molecule has 0 N–H and O–H groups in total. The monoisotopic (exact) mass is 405 g/mol. The maximum atomic E-state index is 13.5. The van der Waals surface area contributed by atoms with Gasteiger partial charge in [0.05, 0.1) is 22.4 Å². The van der Waals surface area contributed by atoms with Gasteiger partial charge in [0.1, 0.15) is 5.82 Å². The number of non-ortho nitro benzene ring substituents is 1. The molecule has 2 aliphatic rings. The number of amides is 1. The summed E-state index contributed by atoms with van der Waals surface area (Å²) in [5.41, 5.74) is 1.13. The van der Waals surface area contributed by atoms with Gasteiger partial charge < -0.3 is 4.90 Å². The second-order valence-electron chi connectivity index (χ2n) is 6.75. The van der Waals surface area contributed by atoms with E-state index in [-0.39, 0.29) is 35.4 Å². The molecular formula is C18H16FN3O5S. The van der Waals surface area contributed by atoms with Crippen molar-refractivity contribution in [3.63, 3.8) is 0 Å². The summed E-state index contributed by atoms with van der Waals surface area (Å²) in [6.07, 6.45) is 0.507. The number of carbonyl (C=O) groups is 1. The Kier molecular flexibility index (Phi) is 4.39. The predicted octanol–water partition coefficient (Wildman–Crippen LogP) is 1.86. The van der Waals surface area contributed by atoms with Gasteiger partial charge in [-0.2, -0.15) is 4.31 Å². The molecular weight excluding hydrogens is 389 g/mol. The predicted molar refractivity (Wildman–Crippen MR) is 96.4 cm³/mol. The highest BCUT2D eigenvalue weighted by molar-refractivity contribution is 7.89. The van der Waals surface area contributed by atoms with Gasteiger partial charge in [-0.3, -0.25) is 14.9 Å². The van der Waals surface area contributed by atoms with Gasteiger partial charge in [-0.1, -0.05) is 12.1 Å². The van der Waals surface area contributed by atoms with Gasteiger partial charge in [0.15, 0.2) is 0 Å². The van der Waals surface area contributed by atoms with E-state index >= 15 is 0 Å². The first kappa shape index (κ1) is 18.5. The molecule has 2 aliphatic heterocycles. The van der Waals surface area contributed by atoms with Gasteiger partial charge in [-0.25, -0.2) is 12.8 Å². The lowest BCUT2D eigenvalue weighted by molar-refractivity contribution is -0.385. The van der Waals surface area contributed by atoms with Crippen molar-refractivity contribution in [2.45, 2.75) is 17.4 Å². The van der Waals surface area contributed by atoms with Crippen LogP contribution in [-0.2, 0) is 21.2 Å². The second kappa shape index (κ2) is 6.64. The zero-order chi connectivity index (χ0) is 20.1. The normalized spacial score (nSPS) is 19.8. The van der Waals surface area contributed by atoms with Crippen LogP contribution in [0, 0.1) is 15.9 Å². The third-order valence-electron chi connectivity index (χ3n) is 5.14. The molecule has 4 rings (SSSR count). The molecule has 0 bridgehead atoms. The van der Waals surface area contributed by atoms with Crippen LogP contribution in [0.15, 0.2) is 47.4 Å². The molecule has 1 saturated heterocycles. The standard InChI is InChI=1S/C18H16FN3O5S/c19-13-4-5-16-12(8-13)6-7-21-17(16)10-20(11-18(21)23)28(26,27)15-3-1-2-14(9-15)22(24)25/h1-5,8-9,17H,6-7,10-11H2/t17-/m0/s1. The summed E-state index contributed by atoms with van der Waals surface area (Å²) in [6, 6.07) is 8.51. The Balaban J connectivity index is 1.70. The third-order valence-corrected chi connectivity index (χ3v) is 6.94. The van der Waals surface area contributed by atoms with E-state index in [0.717, 1.165) is 21.5 Å². The topological polar surface area (TPSA) is 101 Å². The van der Waals surface area contributed by atoms with Crippen LogP contribution in [0.5, 0.6) is 0 Å². The maximum Gasteiger partial charge on any atom is 0.270 e. The van der Waals surface area contributed by atoms with E-state index < -0.39 is 21.0 Å². The lowest BCUT2D eigenvalue weighted by Gasteiger charge is -2.44. The summed E-state index contributed by atoms with van der Waals surface area (Å²) in [7, 11) is -4.10. The van der Waals surface area contributed by atoms with Gasteiger partial charge in [-0.15, -0.1) is 0 Å². The fourth-order valence-electron chi connectivity index (χ4n) is 3.76. The minimum absolute atomic E-state index is 0.00932. The maximum absolute atomic E-state index is 13.5. The molecule has 8 nitrogen and oxygen atoms in total.